The van der Waals surface area contributed by atoms with E-state index in [1.165, 1.54) is 6.20 Å². The number of carbonyl (C=O) groups is 1. The third-order valence-electron chi connectivity index (χ3n) is 3.24. The van der Waals surface area contributed by atoms with Crippen molar-refractivity contribution in [2.24, 2.45) is 0 Å². The molecular formula is C17H21N3O3. The molecule has 0 spiro atoms. The van der Waals surface area contributed by atoms with Gasteiger partial charge in [0.1, 0.15) is 22.9 Å². The molecule has 0 radical (unpaired) electrons. The van der Waals surface area contributed by atoms with E-state index in [2.05, 4.69) is 17.2 Å². The number of carbonyl (C=O) groups excluding carboxylic acids is 1. The molecule has 0 aliphatic rings. The number of amides is 1. The van der Waals surface area contributed by atoms with Gasteiger partial charge in [0.05, 0.1) is 13.7 Å². The first kappa shape index (κ1) is 16.6. The van der Waals surface area contributed by atoms with Crippen LogP contribution in [0.5, 0.6) is 11.5 Å². The van der Waals surface area contributed by atoms with E-state index < -0.39 is 0 Å². The number of nitrogen functional groups attached to an aromatic ring is 1. The average Bonchev–Trinajstić information content (AvgIpc) is 2.56. The third-order valence-corrected chi connectivity index (χ3v) is 3.24. The van der Waals surface area contributed by atoms with Crippen molar-refractivity contribution in [2.75, 3.05) is 24.8 Å². The Labute approximate surface area is 135 Å². The molecule has 2 aromatic rings. The van der Waals surface area contributed by atoms with Crippen molar-refractivity contribution in [2.45, 2.75) is 19.8 Å². The number of rotatable bonds is 7. The summed E-state index contributed by atoms with van der Waals surface area (Å²) in [6, 6.07) is 8.64. The van der Waals surface area contributed by atoms with Gasteiger partial charge in [-0.05, 0) is 30.7 Å². The van der Waals surface area contributed by atoms with Crippen molar-refractivity contribution in [3.63, 3.8) is 0 Å². The lowest BCUT2D eigenvalue weighted by atomic mass is 10.2. The van der Waals surface area contributed by atoms with Crippen LogP contribution in [0.1, 0.15) is 30.1 Å². The van der Waals surface area contributed by atoms with Gasteiger partial charge in [-0.25, -0.2) is 4.98 Å². The van der Waals surface area contributed by atoms with E-state index in [9.17, 15) is 4.79 Å². The number of unbranched alkanes of at least 4 members (excludes halogenated alkanes) is 1. The van der Waals surface area contributed by atoms with E-state index in [1.807, 2.05) is 0 Å². The molecule has 122 valence electrons. The second-order valence-electron chi connectivity index (χ2n) is 4.99. The highest BCUT2D eigenvalue weighted by Crippen LogP contribution is 2.22. The molecule has 0 saturated heterocycles. The number of methoxy groups -OCH3 is 1. The lowest BCUT2D eigenvalue weighted by Crippen LogP contribution is -2.15. The van der Waals surface area contributed by atoms with Gasteiger partial charge in [0.25, 0.3) is 5.91 Å². The Balaban J connectivity index is 2.13. The number of hydrogen-bond acceptors (Lipinski definition) is 5. The van der Waals surface area contributed by atoms with Crippen molar-refractivity contribution in [1.29, 1.82) is 0 Å². The maximum absolute atomic E-state index is 12.4. The smallest absolute Gasteiger partial charge is 0.261 e. The van der Waals surface area contributed by atoms with Crippen molar-refractivity contribution in [3.05, 3.63) is 42.1 Å². The Bertz CT molecular complexity index is 657. The zero-order valence-corrected chi connectivity index (χ0v) is 13.3. The molecule has 23 heavy (non-hydrogen) atoms. The summed E-state index contributed by atoms with van der Waals surface area (Å²) >= 11 is 0. The summed E-state index contributed by atoms with van der Waals surface area (Å²) in [6.07, 6.45) is 3.34. The highest BCUT2D eigenvalue weighted by Gasteiger charge is 2.14. The van der Waals surface area contributed by atoms with Crippen molar-refractivity contribution >= 4 is 17.4 Å². The monoisotopic (exact) mass is 315 g/mol. The molecule has 0 bridgehead atoms. The predicted octanol–water partition coefficient (Wildman–Crippen LogP) is 3.10. The van der Waals surface area contributed by atoms with E-state index in [0.717, 1.165) is 18.6 Å². The molecule has 3 N–H and O–H groups in total. The minimum Gasteiger partial charge on any atom is -0.497 e. The highest BCUT2D eigenvalue weighted by atomic mass is 16.5. The Hall–Kier alpha value is -2.76. The number of nitrogens with one attached hydrogen (secondary N) is 1. The molecule has 0 saturated carbocycles. The lowest BCUT2D eigenvalue weighted by molar-refractivity contribution is 0.102. The molecule has 2 rings (SSSR count). The summed E-state index contributed by atoms with van der Waals surface area (Å²) in [6.45, 7) is 2.60. The summed E-state index contributed by atoms with van der Waals surface area (Å²) in [5.41, 5.74) is 6.69. The van der Waals surface area contributed by atoms with Gasteiger partial charge in [-0.3, -0.25) is 4.79 Å². The fourth-order valence-corrected chi connectivity index (χ4v) is 1.94. The van der Waals surface area contributed by atoms with Gasteiger partial charge in [0, 0.05) is 18.0 Å². The Morgan fingerprint density at radius 3 is 2.70 bits per heavy atom. The van der Waals surface area contributed by atoms with Gasteiger partial charge in [-0.15, -0.1) is 0 Å². The quantitative estimate of drug-likeness (QED) is 0.767. The first-order valence-corrected chi connectivity index (χ1v) is 7.47. The van der Waals surface area contributed by atoms with Gasteiger partial charge in [0.15, 0.2) is 0 Å². The van der Waals surface area contributed by atoms with E-state index >= 15 is 0 Å². The van der Waals surface area contributed by atoms with Gasteiger partial charge in [-0.1, -0.05) is 13.3 Å². The molecule has 1 aromatic carbocycles. The number of aromatic nitrogens is 1. The largest absolute Gasteiger partial charge is 0.497 e. The summed E-state index contributed by atoms with van der Waals surface area (Å²) in [4.78, 5) is 16.4. The predicted molar refractivity (Wildman–Crippen MR) is 90.0 cm³/mol. The summed E-state index contributed by atoms with van der Waals surface area (Å²) in [5, 5.41) is 2.80. The van der Waals surface area contributed by atoms with E-state index in [4.69, 9.17) is 15.2 Å². The second kappa shape index (κ2) is 8.03. The maximum Gasteiger partial charge on any atom is 0.261 e. The summed E-state index contributed by atoms with van der Waals surface area (Å²) in [5.74, 6) is 1.18. The zero-order valence-electron chi connectivity index (χ0n) is 13.3. The van der Waals surface area contributed by atoms with Crippen LogP contribution in [0.25, 0.3) is 0 Å². The van der Waals surface area contributed by atoms with Gasteiger partial charge >= 0.3 is 0 Å². The summed E-state index contributed by atoms with van der Waals surface area (Å²) < 4.78 is 10.7. The van der Waals surface area contributed by atoms with Crippen LogP contribution in [0.4, 0.5) is 11.5 Å². The SMILES string of the molecule is CCCCOc1cc(N)ncc1C(=O)Nc1ccc(OC)cc1. The molecule has 6 heteroatoms. The van der Waals surface area contributed by atoms with Gasteiger partial charge in [-0.2, -0.15) is 0 Å². The fraction of sp³-hybridized carbons (Fsp3) is 0.294. The van der Waals surface area contributed by atoms with E-state index in [-0.39, 0.29) is 5.91 Å². The normalized spacial score (nSPS) is 10.2. The number of nitrogens with two attached hydrogens (primary N) is 1. The third kappa shape index (κ3) is 4.60. The van der Waals surface area contributed by atoms with E-state index in [0.29, 0.717) is 29.4 Å². The van der Waals surface area contributed by atoms with Crippen molar-refractivity contribution in [1.82, 2.24) is 4.98 Å². The number of ether oxygens (including phenoxy) is 2. The van der Waals surface area contributed by atoms with Crippen molar-refractivity contribution < 1.29 is 14.3 Å². The van der Waals surface area contributed by atoms with Crippen LogP contribution in [0.3, 0.4) is 0 Å². The van der Waals surface area contributed by atoms with Crippen LogP contribution in [-0.2, 0) is 0 Å². The van der Waals surface area contributed by atoms with Crippen LogP contribution in [0.2, 0.25) is 0 Å². The van der Waals surface area contributed by atoms with Gasteiger partial charge < -0.3 is 20.5 Å². The fourth-order valence-electron chi connectivity index (χ4n) is 1.94. The standard InChI is InChI=1S/C17H21N3O3/c1-3-4-9-23-15-10-16(18)19-11-14(15)17(21)20-12-5-7-13(22-2)8-6-12/h5-8,10-11H,3-4,9H2,1-2H3,(H2,18,19)(H,20,21). The second-order valence-corrected chi connectivity index (χ2v) is 4.99. The summed E-state index contributed by atoms with van der Waals surface area (Å²) in [7, 11) is 1.59. The number of benzene rings is 1. The molecule has 0 atom stereocenters. The number of nitrogens with zero attached hydrogens (tertiary/aromatic N) is 1. The minimum atomic E-state index is -0.297. The lowest BCUT2D eigenvalue weighted by Gasteiger charge is -2.12. The topological polar surface area (TPSA) is 86.5 Å². The van der Waals surface area contributed by atoms with Crippen LogP contribution in [0.15, 0.2) is 36.5 Å². The zero-order chi connectivity index (χ0) is 16.7. The van der Waals surface area contributed by atoms with Crippen LogP contribution in [0, 0.1) is 0 Å². The first-order valence-electron chi connectivity index (χ1n) is 7.47. The molecule has 1 amide bonds. The minimum absolute atomic E-state index is 0.297. The van der Waals surface area contributed by atoms with Crippen LogP contribution >= 0.6 is 0 Å². The molecule has 6 nitrogen and oxygen atoms in total. The Kier molecular flexibility index (Phi) is 5.80. The number of pyridine rings is 1. The molecular weight excluding hydrogens is 294 g/mol. The molecule has 0 aliphatic carbocycles. The number of anilines is 2. The molecule has 0 aliphatic heterocycles. The molecule has 1 heterocycles. The first-order chi connectivity index (χ1) is 11.1. The highest BCUT2D eigenvalue weighted by molar-refractivity contribution is 6.06. The van der Waals surface area contributed by atoms with Gasteiger partial charge in [0.2, 0.25) is 0 Å². The Morgan fingerprint density at radius 1 is 1.30 bits per heavy atom. The average molecular weight is 315 g/mol. The van der Waals surface area contributed by atoms with E-state index in [1.54, 1.807) is 37.4 Å². The maximum atomic E-state index is 12.4. The van der Waals surface area contributed by atoms with Crippen LogP contribution < -0.4 is 20.5 Å². The van der Waals surface area contributed by atoms with Crippen LogP contribution in [-0.4, -0.2) is 24.6 Å². The Morgan fingerprint density at radius 2 is 2.04 bits per heavy atom. The molecule has 0 unspecified atom stereocenters. The molecule has 0 fully saturated rings. The molecule has 1 aromatic heterocycles. The van der Waals surface area contributed by atoms with Crippen molar-refractivity contribution in [3.8, 4) is 11.5 Å². The number of hydrogen-bond donors (Lipinski definition) is 2.